The first-order chi connectivity index (χ1) is 8.05. The molecule has 0 radical (unpaired) electrons. The van der Waals surface area contributed by atoms with Gasteiger partial charge in [-0.25, -0.2) is 0 Å². The van der Waals surface area contributed by atoms with Gasteiger partial charge in [0.2, 0.25) is 6.79 Å². The summed E-state index contributed by atoms with van der Waals surface area (Å²) in [6, 6.07) is 4.07. The van der Waals surface area contributed by atoms with Crippen molar-refractivity contribution in [3.05, 3.63) is 17.7 Å². The lowest BCUT2D eigenvalue weighted by Crippen LogP contribution is -2.06. The van der Waals surface area contributed by atoms with Gasteiger partial charge in [0.05, 0.1) is 7.11 Å². The van der Waals surface area contributed by atoms with Crippen molar-refractivity contribution >= 4 is 0 Å². The van der Waals surface area contributed by atoms with Crippen molar-refractivity contribution in [2.24, 2.45) is 11.1 Å². The molecule has 1 heterocycles. The quantitative estimate of drug-likeness (QED) is 0.850. The Labute approximate surface area is 101 Å². The first-order valence-corrected chi connectivity index (χ1v) is 5.79. The molecule has 0 spiro atoms. The van der Waals surface area contributed by atoms with Gasteiger partial charge in [-0.2, -0.15) is 0 Å². The van der Waals surface area contributed by atoms with Crippen LogP contribution >= 0.6 is 0 Å². The van der Waals surface area contributed by atoms with Crippen molar-refractivity contribution in [2.75, 3.05) is 13.9 Å². The van der Waals surface area contributed by atoms with Crippen LogP contribution in [0.4, 0.5) is 0 Å². The molecule has 4 nitrogen and oxygen atoms in total. The smallest absolute Gasteiger partial charge is 0.231 e. The molecule has 3 rings (SSSR count). The van der Waals surface area contributed by atoms with Crippen LogP contribution in [0, 0.1) is 5.41 Å². The van der Waals surface area contributed by atoms with Crippen LogP contribution in [0.3, 0.4) is 0 Å². The molecule has 0 saturated heterocycles. The normalized spacial score (nSPS) is 28.0. The van der Waals surface area contributed by atoms with Gasteiger partial charge in [-0.05, 0) is 11.5 Å². The van der Waals surface area contributed by atoms with E-state index in [-0.39, 0.29) is 18.2 Å². The van der Waals surface area contributed by atoms with Gasteiger partial charge in [0.15, 0.2) is 11.5 Å². The zero-order valence-corrected chi connectivity index (χ0v) is 10.3. The van der Waals surface area contributed by atoms with Gasteiger partial charge in [0.1, 0.15) is 5.75 Å². The highest BCUT2D eigenvalue weighted by Gasteiger charge is 2.57. The minimum atomic E-state index is 0.126. The molecule has 1 aliphatic carbocycles. The van der Waals surface area contributed by atoms with Crippen LogP contribution in [0.25, 0.3) is 0 Å². The Hall–Kier alpha value is -1.42. The number of methoxy groups -OCH3 is 1. The lowest BCUT2D eigenvalue weighted by Gasteiger charge is -2.10. The molecule has 4 heteroatoms. The molecule has 1 fully saturated rings. The van der Waals surface area contributed by atoms with E-state index >= 15 is 0 Å². The lowest BCUT2D eigenvalue weighted by atomic mass is 10.0. The number of nitrogens with two attached hydrogens (primary N) is 1. The maximum atomic E-state index is 6.12. The third kappa shape index (κ3) is 1.40. The molecular formula is C13H17NO3. The van der Waals surface area contributed by atoms with Crippen LogP contribution in [-0.4, -0.2) is 19.9 Å². The van der Waals surface area contributed by atoms with Gasteiger partial charge in [0, 0.05) is 23.6 Å². The Kier molecular flexibility index (Phi) is 2.08. The van der Waals surface area contributed by atoms with Gasteiger partial charge >= 0.3 is 0 Å². The van der Waals surface area contributed by atoms with E-state index in [1.165, 1.54) is 0 Å². The van der Waals surface area contributed by atoms with Crippen LogP contribution < -0.4 is 19.9 Å². The zero-order valence-electron chi connectivity index (χ0n) is 10.3. The van der Waals surface area contributed by atoms with E-state index < -0.39 is 0 Å². The second-order valence-electron chi connectivity index (χ2n) is 5.27. The third-order valence-corrected chi connectivity index (χ3v) is 3.97. The lowest BCUT2D eigenvalue weighted by molar-refractivity contribution is 0.174. The Morgan fingerprint density at radius 3 is 2.41 bits per heavy atom. The molecule has 1 aromatic carbocycles. The maximum absolute atomic E-state index is 6.12. The average Bonchev–Trinajstić information content (AvgIpc) is 2.69. The molecular weight excluding hydrogens is 218 g/mol. The van der Waals surface area contributed by atoms with Crippen LogP contribution in [0.5, 0.6) is 17.2 Å². The van der Waals surface area contributed by atoms with Crippen LogP contribution in [-0.2, 0) is 0 Å². The van der Waals surface area contributed by atoms with E-state index in [0.29, 0.717) is 5.92 Å². The molecule has 1 saturated carbocycles. The second-order valence-corrected chi connectivity index (χ2v) is 5.27. The fraction of sp³-hybridized carbons (Fsp3) is 0.538. The number of rotatable bonds is 2. The van der Waals surface area contributed by atoms with Crippen LogP contribution in [0.2, 0.25) is 0 Å². The van der Waals surface area contributed by atoms with E-state index in [9.17, 15) is 0 Å². The molecule has 1 aromatic rings. The Morgan fingerprint density at radius 1 is 1.29 bits per heavy atom. The van der Waals surface area contributed by atoms with Crippen molar-refractivity contribution in [3.8, 4) is 17.2 Å². The summed E-state index contributed by atoms with van der Waals surface area (Å²) in [7, 11) is 1.67. The van der Waals surface area contributed by atoms with Crippen molar-refractivity contribution in [1.29, 1.82) is 0 Å². The summed E-state index contributed by atoms with van der Waals surface area (Å²) >= 11 is 0. The van der Waals surface area contributed by atoms with Crippen LogP contribution in [0.1, 0.15) is 25.3 Å². The monoisotopic (exact) mass is 235 g/mol. The fourth-order valence-corrected chi connectivity index (χ4v) is 2.63. The predicted molar refractivity (Wildman–Crippen MR) is 63.6 cm³/mol. The predicted octanol–water partition coefficient (Wildman–Crippen LogP) is 1.87. The largest absolute Gasteiger partial charge is 0.496 e. The summed E-state index contributed by atoms with van der Waals surface area (Å²) < 4.78 is 16.2. The Morgan fingerprint density at radius 2 is 1.88 bits per heavy atom. The molecule has 0 bridgehead atoms. The topological polar surface area (TPSA) is 53.7 Å². The third-order valence-electron chi connectivity index (χ3n) is 3.97. The first-order valence-electron chi connectivity index (χ1n) is 5.79. The Balaban J connectivity index is 2.05. The van der Waals surface area contributed by atoms with Gasteiger partial charge < -0.3 is 19.9 Å². The van der Waals surface area contributed by atoms with Gasteiger partial charge in [-0.1, -0.05) is 13.8 Å². The molecule has 1 aliphatic heterocycles. The molecule has 0 amide bonds. The zero-order chi connectivity index (χ0) is 12.2. The van der Waals surface area contributed by atoms with E-state index in [4.69, 9.17) is 19.9 Å². The summed E-state index contributed by atoms with van der Waals surface area (Å²) in [5.41, 5.74) is 7.36. The van der Waals surface area contributed by atoms with Gasteiger partial charge in [-0.3, -0.25) is 0 Å². The van der Waals surface area contributed by atoms with E-state index in [2.05, 4.69) is 13.8 Å². The number of benzene rings is 1. The van der Waals surface area contributed by atoms with Crippen molar-refractivity contribution < 1.29 is 14.2 Å². The van der Waals surface area contributed by atoms with Crippen molar-refractivity contribution in [1.82, 2.24) is 0 Å². The average molecular weight is 235 g/mol. The van der Waals surface area contributed by atoms with E-state index in [0.717, 1.165) is 22.8 Å². The summed E-state index contributed by atoms with van der Waals surface area (Å²) in [4.78, 5) is 0. The van der Waals surface area contributed by atoms with Crippen molar-refractivity contribution in [3.63, 3.8) is 0 Å². The minimum Gasteiger partial charge on any atom is -0.496 e. The highest BCUT2D eigenvalue weighted by atomic mass is 16.7. The van der Waals surface area contributed by atoms with Gasteiger partial charge in [-0.15, -0.1) is 0 Å². The number of hydrogen-bond acceptors (Lipinski definition) is 4. The minimum absolute atomic E-state index is 0.126. The summed E-state index contributed by atoms with van der Waals surface area (Å²) in [5, 5.41) is 0. The molecule has 2 N–H and O–H groups in total. The van der Waals surface area contributed by atoms with Crippen molar-refractivity contribution in [2.45, 2.75) is 25.8 Å². The summed E-state index contributed by atoms with van der Waals surface area (Å²) in [6.07, 6.45) is 0. The van der Waals surface area contributed by atoms with Gasteiger partial charge in [0.25, 0.3) is 0 Å². The number of hydrogen-bond donors (Lipinski definition) is 1. The van der Waals surface area contributed by atoms with E-state index in [1.54, 1.807) is 7.11 Å². The van der Waals surface area contributed by atoms with E-state index in [1.807, 2.05) is 12.1 Å². The fourth-order valence-electron chi connectivity index (χ4n) is 2.63. The SMILES string of the molecule is COc1cc2c(cc1[C@@H]1[C@@H](N)C1(C)C)OCO2. The Bertz CT molecular complexity index is 470. The van der Waals surface area contributed by atoms with Crippen LogP contribution in [0.15, 0.2) is 12.1 Å². The number of fused-ring (bicyclic) bond motifs is 1. The number of ether oxygens (including phenoxy) is 3. The summed E-state index contributed by atoms with van der Waals surface area (Å²) in [5.74, 6) is 2.69. The molecule has 0 unspecified atom stereocenters. The molecule has 0 aromatic heterocycles. The highest BCUT2D eigenvalue weighted by molar-refractivity contribution is 5.55. The molecule has 17 heavy (non-hydrogen) atoms. The highest BCUT2D eigenvalue weighted by Crippen LogP contribution is 2.60. The maximum Gasteiger partial charge on any atom is 0.231 e. The molecule has 2 aliphatic rings. The second kappa shape index (κ2) is 3.29. The summed E-state index contributed by atoms with van der Waals surface area (Å²) in [6.45, 7) is 4.63. The standard InChI is InChI=1S/C13H17NO3/c1-13(2)11(12(13)14)7-4-9-10(17-6-16-9)5-8(7)15-3/h4-5,11-12H,6,14H2,1-3H3/t11-,12-/m1/s1. The molecule has 2 atom stereocenters. The first kappa shape index (κ1) is 10.7. The molecule has 92 valence electrons.